The molecule has 0 radical (unpaired) electrons. The lowest BCUT2D eigenvalue weighted by Crippen LogP contribution is -2.14. The van der Waals surface area contributed by atoms with E-state index in [1.54, 1.807) is 19.1 Å². The molecule has 0 aromatic heterocycles. The summed E-state index contributed by atoms with van der Waals surface area (Å²) in [4.78, 5) is 0. The fraction of sp³-hybridized carbons (Fsp3) is 0.394. The topological polar surface area (TPSA) is 9.23 Å². The molecule has 1 aliphatic carbocycles. The monoisotopic (exact) mass is 488 g/mol. The third-order valence-electron chi connectivity index (χ3n) is 7.38. The van der Waals surface area contributed by atoms with Crippen LogP contribution in [0.1, 0.15) is 75.0 Å². The highest BCUT2D eigenvalue weighted by atomic mass is 19.2. The summed E-state index contributed by atoms with van der Waals surface area (Å²) in [6.07, 6.45) is 12.8. The first-order valence-corrected chi connectivity index (χ1v) is 13.5. The van der Waals surface area contributed by atoms with Gasteiger partial charge in [0, 0.05) is 0 Å². The van der Waals surface area contributed by atoms with Crippen LogP contribution >= 0.6 is 0 Å². The molecule has 4 rings (SSSR count). The van der Waals surface area contributed by atoms with Crippen LogP contribution in [0.25, 0.3) is 11.1 Å². The molecule has 1 nitrogen and oxygen atoms in total. The SMILES string of the molecule is CCCc1ccc(-c2ccc(CCC=CC3CCC(c4ccc(OCC)c(F)c4F)CC3)cc2)cc1. The van der Waals surface area contributed by atoms with Gasteiger partial charge in [-0.15, -0.1) is 0 Å². The summed E-state index contributed by atoms with van der Waals surface area (Å²) in [5, 5.41) is 0. The van der Waals surface area contributed by atoms with Crippen LogP contribution < -0.4 is 4.74 Å². The van der Waals surface area contributed by atoms with E-state index in [2.05, 4.69) is 67.6 Å². The summed E-state index contributed by atoms with van der Waals surface area (Å²) in [6.45, 7) is 4.30. The normalized spacial score (nSPS) is 18.0. The number of hydrogen-bond acceptors (Lipinski definition) is 1. The predicted molar refractivity (Wildman–Crippen MR) is 146 cm³/mol. The molecule has 1 saturated carbocycles. The van der Waals surface area contributed by atoms with Crippen LogP contribution in [0.2, 0.25) is 0 Å². The van der Waals surface area contributed by atoms with Crippen molar-refractivity contribution in [2.24, 2.45) is 5.92 Å². The Morgan fingerprint density at radius 1 is 0.750 bits per heavy atom. The first-order valence-electron chi connectivity index (χ1n) is 13.5. The second-order valence-corrected chi connectivity index (χ2v) is 9.94. The maximum absolute atomic E-state index is 14.6. The van der Waals surface area contributed by atoms with Gasteiger partial charge in [0.25, 0.3) is 0 Å². The molecule has 190 valence electrons. The molecule has 1 aliphatic rings. The molecule has 1 fully saturated rings. The van der Waals surface area contributed by atoms with Crippen LogP contribution in [0.3, 0.4) is 0 Å². The van der Waals surface area contributed by atoms with Gasteiger partial charge < -0.3 is 4.74 Å². The molecule has 3 aromatic rings. The lowest BCUT2D eigenvalue weighted by Gasteiger charge is -2.27. The molecule has 0 amide bonds. The lowest BCUT2D eigenvalue weighted by atomic mass is 9.78. The summed E-state index contributed by atoms with van der Waals surface area (Å²) >= 11 is 0. The minimum atomic E-state index is -0.853. The Kier molecular flexibility index (Phi) is 9.33. The summed E-state index contributed by atoms with van der Waals surface area (Å²) in [7, 11) is 0. The van der Waals surface area contributed by atoms with Crippen LogP contribution in [0.15, 0.2) is 72.8 Å². The summed E-state index contributed by atoms with van der Waals surface area (Å²) in [5.74, 6) is -0.976. The van der Waals surface area contributed by atoms with Gasteiger partial charge in [-0.3, -0.25) is 0 Å². The van der Waals surface area contributed by atoms with Gasteiger partial charge in [0.2, 0.25) is 5.82 Å². The van der Waals surface area contributed by atoms with Crippen molar-refractivity contribution < 1.29 is 13.5 Å². The number of allylic oxidation sites excluding steroid dienone is 2. The maximum Gasteiger partial charge on any atom is 0.200 e. The number of benzene rings is 3. The second kappa shape index (κ2) is 12.9. The molecule has 0 spiro atoms. The Balaban J connectivity index is 1.23. The fourth-order valence-corrected chi connectivity index (χ4v) is 5.31. The molecular weight excluding hydrogens is 450 g/mol. The van der Waals surface area contributed by atoms with E-state index < -0.39 is 11.6 Å². The zero-order valence-electron chi connectivity index (χ0n) is 21.6. The molecule has 3 aromatic carbocycles. The number of halogens is 2. The van der Waals surface area contributed by atoms with E-state index in [0.29, 0.717) is 18.1 Å². The van der Waals surface area contributed by atoms with Crippen LogP contribution in [0.5, 0.6) is 5.75 Å². The second-order valence-electron chi connectivity index (χ2n) is 9.94. The van der Waals surface area contributed by atoms with Crippen molar-refractivity contribution in [3.05, 3.63) is 101 Å². The summed E-state index contributed by atoms with van der Waals surface area (Å²) < 4.78 is 34.0. The molecule has 0 bridgehead atoms. The van der Waals surface area contributed by atoms with Crippen molar-refractivity contribution in [3.63, 3.8) is 0 Å². The molecule has 0 N–H and O–H groups in total. The van der Waals surface area contributed by atoms with Crippen LogP contribution in [0, 0.1) is 17.6 Å². The molecule has 0 saturated heterocycles. The van der Waals surface area contributed by atoms with E-state index in [9.17, 15) is 8.78 Å². The molecule has 0 atom stereocenters. The van der Waals surface area contributed by atoms with E-state index in [1.165, 1.54) is 28.7 Å². The number of rotatable bonds is 10. The Bertz CT molecular complexity index is 1120. The lowest BCUT2D eigenvalue weighted by molar-refractivity contribution is 0.310. The van der Waals surface area contributed by atoms with Crippen LogP contribution in [-0.4, -0.2) is 6.61 Å². The van der Waals surface area contributed by atoms with E-state index in [4.69, 9.17) is 4.74 Å². The highest BCUT2D eigenvalue weighted by Crippen LogP contribution is 2.39. The average molecular weight is 489 g/mol. The van der Waals surface area contributed by atoms with Crippen LogP contribution in [0.4, 0.5) is 8.78 Å². The van der Waals surface area contributed by atoms with E-state index in [0.717, 1.165) is 44.9 Å². The van der Waals surface area contributed by atoms with E-state index in [-0.39, 0.29) is 11.7 Å². The number of ether oxygens (including phenoxy) is 1. The van der Waals surface area contributed by atoms with Gasteiger partial charge in [0.05, 0.1) is 6.61 Å². The van der Waals surface area contributed by atoms with E-state index in [1.807, 2.05) is 0 Å². The maximum atomic E-state index is 14.6. The van der Waals surface area contributed by atoms with Gasteiger partial charge in [-0.2, -0.15) is 4.39 Å². The van der Waals surface area contributed by atoms with Gasteiger partial charge in [-0.25, -0.2) is 4.39 Å². The van der Waals surface area contributed by atoms with Crippen molar-refractivity contribution in [1.82, 2.24) is 0 Å². The Morgan fingerprint density at radius 3 is 1.94 bits per heavy atom. The van der Waals surface area contributed by atoms with Crippen molar-refractivity contribution in [2.75, 3.05) is 6.61 Å². The smallest absolute Gasteiger partial charge is 0.200 e. The van der Waals surface area contributed by atoms with Gasteiger partial charge >= 0.3 is 0 Å². The molecule has 36 heavy (non-hydrogen) atoms. The third kappa shape index (κ3) is 6.63. The molecular formula is C33H38F2O. The Morgan fingerprint density at radius 2 is 1.36 bits per heavy atom. The van der Waals surface area contributed by atoms with E-state index >= 15 is 0 Å². The first-order chi connectivity index (χ1) is 17.6. The zero-order valence-corrected chi connectivity index (χ0v) is 21.6. The number of aryl methyl sites for hydroxylation is 2. The van der Waals surface area contributed by atoms with Crippen molar-refractivity contribution in [2.45, 2.75) is 71.1 Å². The van der Waals surface area contributed by atoms with Crippen molar-refractivity contribution >= 4 is 0 Å². The van der Waals surface area contributed by atoms with Crippen LogP contribution in [-0.2, 0) is 12.8 Å². The Hall–Kier alpha value is -2.94. The standard InChI is InChI=1S/C33H38F2O/c1-3-7-24-10-16-27(17-11-24)28-18-12-25(13-19-28)8-5-6-9-26-14-20-29(21-15-26)30-22-23-31(36-4-2)33(35)32(30)34/h6,9-13,16-19,22-23,26,29H,3-5,7-8,14-15,20-21H2,1-2H3. The van der Waals surface area contributed by atoms with Crippen molar-refractivity contribution in [1.29, 1.82) is 0 Å². The van der Waals surface area contributed by atoms with Gasteiger partial charge in [0.15, 0.2) is 11.6 Å². The summed E-state index contributed by atoms with van der Waals surface area (Å²) in [6, 6.07) is 21.1. The average Bonchev–Trinajstić information content (AvgIpc) is 2.91. The minimum absolute atomic E-state index is 0.00562. The first kappa shape index (κ1) is 26.1. The molecule has 0 heterocycles. The fourth-order valence-electron chi connectivity index (χ4n) is 5.31. The van der Waals surface area contributed by atoms with Gasteiger partial charge in [-0.05, 0) is 97.6 Å². The third-order valence-corrected chi connectivity index (χ3v) is 7.38. The van der Waals surface area contributed by atoms with Gasteiger partial charge in [0.1, 0.15) is 0 Å². The zero-order chi connectivity index (χ0) is 25.3. The minimum Gasteiger partial charge on any atom is -0.491 e. The highest BCUT2D eigenvalue weighted by molar-refractivity contribution is 5.64. The number of hydrogen-bond donors (Lipinski definition) is 0. The quantitative estimate of drug-likeness (QED) is 0.258. The van der Waals surface area contributed by atoms with Gasteiger partial charge in [-0.1, -0.05) is 80.1 Å². The molecule has 3 heteroatoms. The predicted octanol–water partition coefficient (Wildman–Crippen LogP) is 9.45. The molecule has 0 unspecified atom stereocenters. The highest BCUT2D eigenvalue weighted by Gasteiger charge is 2.25. The molecule has 0 aliphatic heterocycles. The Labute approximate surface area is 215 Å². The largest absolute Gasteiger partial charge is 0.491 e. The van der Waals surface area contributed by atoms with Crippen molar-refractivity contribution in [3.8, 4) is 16.9 Å². The summed E-state index contributed by atoms with van der Waals surface area (Å²) in [5.41, 5.74) is 5.78.